The maximum atomic E-state index is 10.2. The number of hydrogen-bond donors (Lipinski definition) is 3. The molecule has 4 heteroatoms. The van der Waals surface area contributed by atoms with Crippen molar-refractivity contribution in [3.8, 4) is 5.75 Å². The van der Waals surface area contributed by atoms with Gasteiger partial charge in [0.15, 0.2) is 0 Å². The van der Waals surface area contributed by atoms with Crippen molar-refractivity contribution in [3.05, 3.63) is 83.9 Å². The third kappa shape index (κ3) is 2.71. The number of imidazole rings is 1. The highest BCUT2D eigenvalue weighted by molar-refractivity contribution is 7.90. The molecule has 0 amide bonds. The fraction of sp³-hybridized carbons (Fsp3) is 0. The first-order chi connectivity index (χ1) is 10.3. The molecule has 3 aromatic rings. The molecule has 1 heterocycles. The first-order valence-electron chi connectivity index (χ1n) is 6.54. The highest BCUT2D eigenvalue weighted by Gasteiger charge is 2.16. The van der Waals surface area contributed by atoms with Crippen molar-refractivity contribution in [1.29, 1.82) is 0 Å². The largest absolute Gasteiger partial charge is 0.507 e. The van der Waals surface area contributed by atoms with E-state index in [1.54, 1.807) is 24.5 Å². The Morgan fingerprint density at radius 1 is 1.00 bits per heavy atom. The highest BCUT2D eigenvalue weighted by Crippen LogP contribution is 2.36. The molecular formula is C17H14N2OS. The highest BCUT2D eigenvalue weighted by atomic mass is 32.1. The molecule has 0 aliphatic carbocycles. The van der Waals surface area contributed by atoms with Crippen molar-refractivity contribution in [2.45, 2.75) is 0 Å². The zero-order valence-corrected chi connectivity index (χ0v) is 12.1. The number of phenols is 1. The van der Waals surface area contributed by atoms with Gasteiger partial charge in [-0.3, -0.25) is 0 Å². The summed E-state index contributed by atoms with van der Waals surface area (Å²) in [6, 6.07) is 17.0. The molecule has 0 bridgehead atoms. The number of aromatic hydroxyl groups is 1. The Bertz CT molecular complexity index is 765. The van der Waals surface area contributed by atoms with Crippen molar-refractivity contribution in [2.75, 3.05) is 0 Å². The van der Waals surface area contributed by atoms with Crippen LogP contribution in [0.5, 0.6) is 5.75 Å². The molecule has 3 nitrogen and oxygen atoms in total. The smallest absolute Gasteiger partial charge is 0.139 e. The second-order valence-electron chi connectivity index (χ2n) is 4.54. The number of hydrogen-bond acceptors (Lipinski definition) is 3. The van der Waals surface area contributed by atoms with Crippen LogP contribution in [0.1, 0.15) is 17.0 Å². The van der Waals surface area contributed by atoms with Crippen molar-refractivity contribution >= 4 is 23.1 Å². The summed E-state index contributed by atoms with van der Waals surface area (Å²) in [7, 11) is 0. The normalized spacial score (nSPS) is 12.0. The van der Waals surface area contributed by atoms with Crippen LogP contribution < -0.4 is 0 Å². The van der Waals surface area contributed by atoms with Crippen LogP contribution in [0.4, 0.5) is 0 Å². The first-order valence-corrected chi connectivity index (χ1v) is 6.99. The topological polar surface area (TPSA) is 48.9 Å². The summed E-state index contributed by atoms with van der Waals surface area (Å²) >= 11 is 4.67. The number of benzene rings is 2. The average Bonchev–Trinajstić information content (AvgIpc) is 3.04. The monoisotopic (exact) mass is 294 g/mol. The van der Waals surface area contributed by atoms with Crippen LogP contribution in [0.25, 0.3) is 10.5 Å². The second kappa shape index (κ2) is 5.89. The van der Waals surface area contributed by atoms with E-state index in [1.165, 1.54) is 0 Å². The summed E-state index contributed by atoms with van der Waals surface area (Å²) in [6.07, 6.45) is 3.43. The number of aromatic amines is 1. The molecular weight excluding hydrogens is 280 g/mol. The molecule has 0 radical (unpaired) electrons. The van der Waals surface area contributed by atoms with E-state index in [0.717, 1.165) is 16.0 Å². The lowest BCUT2D eigenvalue weighted by Crippen LogP contribution is -1.94. The van der Waals surface area contributed by atoms with Gasteiger partial charge in [0, 0.05) is 28.4 Å². The Morgan fingerprint density at radius 3 is 2.38 bits per heavy atom. The summed E-state index contributed by atoms with van der Waals surface area (Å²) in [5.41, 5.74) is 2.43. The zero-order chi connectivity index (χ0) is 14.7. The van der Waals surface area contributed by atoms with Crippen molar-refractivity contribution < 1.29 is 5.11 Å². The molecule has 0 aliphatic rings. The van der Waals surface area contributed by atoms with Gasteiger partial charge in [-0.1, -0.05) is 48.5 Å². The van der Waals surface area contributed by atoms with Crippen molar-refractivity contribution in [1.82, 2.24) is 9.97 Å². The minimum Gasteiger partial charge on any atom is -0.507 e. The van der Waals surface area contributed by atoms with Gasteiger partial charge < -0.3 is 10.1 Å². The lowest BCUT2D eigenvalue weighted by atomic mass is 10.0. The Labute approximate surface area is 128 Å². The summed E-state index contributed by atoms with van der Waals surface area (Å²) < 4.78 is 0. The molecule has 0 unspecified atom stereocenters. The molecule has 0 aliphatic heterocycles. The van der Waals surface area contributed by atoms with E-state index in [2.05, 4.69) is 22.6 Å². The van der Waals surface area contributed by atoms with Gasteiger partial charge in [-0.15, -0.1) is 12.6 Å². The minimum atomic E-state index is 0.200. The third-order valence-corrected chi connectivity index (χ3v) is 3.67. The Hall–Kier alpha value is -2.46. The van der Waals surface area contributed by atoms with Gasteiger partial charge in [0.1, 0.15) is 11.6 Å². The molecule has 0 spiro atoms. The number of phenolic OH excluding ortho intramolecular Hbond substituents is 1. The number of para-hydroxylation sites is 1. The Kier molecular flexibility index (Phi) is 3.79. The van der Waals surface area contributed by atoms with E-state index in [1.807, 2.05) is 42.5 Å². The molecule has 0 fully saturated rings. The van der Waals surface area contributed by atoms with Gasteiger partial charge >= 0.3 is 0 Å². The van der Waals surface area contributed by atoms with Crippen LogP contribution in [0, 0.1) is 0 Å². The number of rotatable bonds is 3. The average molecular weight is 294 g/mol. The summed E-state index contributed by atoms with van der Waals surface area (Å²) in [4.78, 5) is 8.15. The molecule has 2 aromatic carbocycles. The minimum absolute atomic E-state index is 0.200. The van der Waals surface area contributed by atoms with E-state index < -0.39 is 0 Å². The molecule has 0 saturated heterocycles. The van der Waals surface area contributed by atoms with Gasteiger partial charge in [0.2, 0.25) is 0 Å². The Morgan fingerprint density at radius 2 is 1.71 bits per heavy atom. The second-order valence-corrected chi connectivity index (χ2v) is 4.99. The SMILES string of the molecule is Oc1ccccc1C(=C(S)c1ccccc1)c1ncc[nH]1. The van der Waals surface area contributed by atoms with Crippen LogP contribution >= 0.6 is 12.6 Å². The van der Waals surface area contributed by atoms with Gasteiger partial charge in [-0.2, -0.15) is 0 Å². The van der Waals surface area contributed by atoms with E-state index in [0.29, 0.717) is 11.4 Å². The molecule has 1 aromatic heterocycles. The molecule has 21 heavy (non-hydrogen) atoms. The number of aromatic nitrogens is 2. The maximum absolute atomic E-state index is 10.2. The van der Waals surface area contributed by atoms with Gasteiger partial charge in [-0.05, 0) is 11.6 Å². The predicted octanol–water partition coefficient (Wildman–Crippen LogP) is 3.96. The predicted molar refractivity (Wildman–Crippen MR) is 88.0 cm³/mol. The van der Waals surface area contributed by atoms with Gasteiger partial charge in [-0.25, -0.2) is 4.98 Å². The summed E-state index contributed by atoms with van der Waals surface area (Å²) in [5.74, 6) is 0.872. The van der Waals surface area contributed by atoms with Crippen LogP contribution in [0.15, 0.2) is 67.0 Å². The first kappa shape index (κ1) is 13.5. The number of thiol groups is 1. The molecule has 0 saturated carbocycles. The summed E-state index contributed by atoms with van der Waals surface area (Å²) in [5, 5.41) is 10.2. The van der Waals surface area contributed by atoms with Crippen molar-refractivity contribution in [2.24, 2.45) is 0 Å². The lowest BCUT2D eigenvalue weighted by molar-refractivity contribution is 0.473. The molecule has 104 valence electrons. The van der Waals surface area contributed by atoms with E-state index in [9.17, 15) is 5.11 Å². The number of nitrogens with one attached hydrogen (secondary N) is 1. The molecule has 2 N–H and O–H groups in total. The van der Waals surface area contributed by atoms with Crippen LogP contribution in [-0.2, 0) is 0 Å². The fourth-order valence-electron chi connectivity index (χ4n) is 2.19. The summed E-state index contributed by atoms with van der Waals surface area (Å²) in [6.45, 7) is 0. The standard InChI is InChI=1S/C17H14N2OS/c20-14-9-5-4-8-13(14)15(17-18-10-11-19-17)16(21)12-6-2-1-3-7-12/h1-11,20-21H,(H,18,19). The number of H-pyrrole nitrogens is 1. The third-order valence-electron chi connectivity index (χ3n) is 3.19. The van der Waals surface area contributed by atoms with E-state index in [-0.39, 0.29) is 5.75 Å². The Balaban J connectivity index is 2.26. The lowest BCUT2D eigenvalue weighted by Gasteiger charge is -2.12. The molecule has 0 atom stereocenters. The quantitative estimate of drug-likeness (QED) is 0.506. The van der Waals surface area contributed by atoms with Crippen LogP contribution in [0.3, 0.4) is 0 Å². The van der Waals surface area contributed by atoms with Gasteiger partial charge in [0.05, 0.1) is 0 Å². The zero-order valence-electron chi connectivity index (χ0n) is 11.2. The van der Waals surface area contributed by atoms with Crippen LogP contribution in [0.2, 0.25) is 0 Å². The molecule has 3 rings (SSSR count). The van der Waals surface area contributed by atoms with E-state index in [4.69, 9.17) is 0 Å². The number of nitrogens with zero attached hydrogens (tertiary/aromatic N) is 1. The maximum Gasteiger partial charge on any atom is 0.139 e. The van der Waals surface area contributed by atoms with Gasteiger partial charge in [0.25, 0.3) is 0 Å². The van der Waals surface area contributed by atoms with Crippen molar-refractivity contribution in [3.63, 3.8) is 0 Å². The van der Waals surface area contributed by atoms with Crippen LogP contribution in [-0.4, -0.2) is 15.1 Å². The fourth-order valence-corrected chi connectivity index (χ4v) is 2.57. The van der Waals surface area contributed by atoms with E-state index >= 15 is 0 Å².